The molecule has 1 saturated heterocycles. The molecule has 1 aliphatic heterocycles. The van der Waals surface area contributed by atoms with E-state index in [1.807, 2.05) is 6.07 Å². The number of hydrogen-bond donors (Lipinski definition) is 3. The zero-order valence-corrected chi connectivity index (χ0v) is 20.7. The number of piperazine rings is 1. The van der Waals surface area contributed by atoms with Crippen molar-refractivity contribution in [3.05, 3.63) is 47.9 Å². The van der Waals surface area contributed by atoms with Crippen LogP contribution in [0.15, 0.2) is 36.5 Å². The molecule has 3 saturated carbocycles. The van der Waals surface area contributed by atoms with Gasteiger partial charge in [-0.05, 0) is 57.0 Å². The number of carbonyl (C=O) groups is 1. The average Bonchev–Trinajstić information content (AvgIpc) is 3.38. The number of likely N-dealkylation sites (N-methyl/N-ethyl adjacent to an activating group) is 1. The highest BCUT2D eigenvalue weighted by molar-refractivity contribution is 6.00. The lowest BCUT2D eigenvalue weighted by Gasteiger charge is -2.35. The van der Waals surface area contributed by atoms with Gasteiger partial charge in [0.2, 0.25) is 11.9 Å². The molecule has 9 heteroatoms. The van der Waals surface area contributed by atoms with Crippen LogP contribution in [-0.4, -0.2) is 65.6 Å². The number of rotatable bonds is 7. The Morgan fingerprint density at radius 1 is 1.14 bits per heavy atom. The van der Waals surface area contributed by atoms with Crippen molar-refractivity contribution in [2.75, 3.05) is 48.8 Å². The monoisotopic (exact) mass is 489 g/mol. The van der Waals surface area contributed by atoms with Gasteiger partial charge in [0.15, 0.2) is 11.6 Å². The first-order chi connectivity index (χ1) is 17.4. The number of nitrogens with one attached hydrogen (secondary N) is 3. The summed E-state index contributed by atoms with van der Waals surface area (Å²) in [6.07, 6.45) is 8.66. The lowest BCUT2D eigenvalue weighted by Crippen LogP contribution is -2.44. The predicted octanol–water partition coefficient (Wildman–Crippen LogP) is 3.05. The predicted molar refractivity (Wildman–Crippen MR) is 137 cm³/mol. The van der Waals surface area contributed by atoms with Gasteiger partial charge in [0.25, 0.3) is 0 Å². The van der Waals surface area contributed by atoms with Crippen LogP contribution in [0.5, 0.6) is 0 Å². The highest BCUT2D eigenvalue weighted by Gasteiger charge is 3.02. The van der Waals surface area contributed by atoms with Gasteiger partial charge < -0.3 is 25.8 Å². The van der Waals surface area contributed by atoms with Crippen LogP contribution in [0.2, 0.25) is 0 Å². The fraction of sp³-hybridized carbons (Fsp3) is 0.519. The molecule has 2 heterocycles. The Hall–Kier alpha value is -3.20. The molecule has 8 rings (SSSR count). The lowest BCUT2D eigenvalue weighted by molar-refractivity contribution is -0.126. The van der Waals surface area contributed by atoms with Crippen molar-refractivity contribution in [2.45, 2.75) is 37.8 Å². The van der Waals surface area contributed by atoms with Crippen molar-refractivity contribution in [3.8, 4) is 0 Å². The van der Waals surface area contributed by atoms with E-state index in [4.69, 9.17) is 0 Å². The van der Waals surface area contributed by atoms with Crippen LogP contribution in [0, 0.1) is 30.0 Å². The number of carbonyl (C=O) groups excluding carboxylic acids is 1. The average molecular weight is 490 g/mol. The number of benzene rings is 1. The first-order valence-corrected chi connectivity index (χ1v) is 13.0. The van der Waals surface area contributed by atoms with Crippen molar-refractivity contribution in [3.63, 3.8) is 0 Å². The van der Waals surface area contributed by atoms with E-state index in [1.165, 1.54) is 23.9 Å². The summed E-state index contributed by atoms with van der Waals surface area (Å²) < 4.78 is 14.8. The molecule has 2 aromatic rings. The normalized spacial score (nSPS) is 32.0. The molecule has 1 aromatic heterocycles. The summed E-state index contributed by atoms with van der Waals surface area (Å²) in [5.74, 6) is 0.267. The third kappa shape index (κ3) is 2.98. The zero-order valence-electron chi connectivity index (χ0n) is 20.7. The Kier molecular flexibility index (Phi) is 4.68. The molecule has 36 heavy (non-hydrogen) atoms. The summed E-state index contributed by atoms with van der Waals surface area (Å²) in [4.78, 5) is 26.5. The number of aromatic nitrogens is 2. The summed E-state index contributed by atoms with van der Waals surface area (Å²) in [5.41, 5.74) is 2.36. The van der Waals surface area contributed by atoms with Crippen molar-refractivity contribution in [2.24, 2.45) is 17.3 Å². The summed E-state index contributed by atoms with van der Waals surface area (Å²) in [6.45, 7) is 6.24. The molecule has 4 fully saturated rings. The molecule has 1 amide bonds. The van der Waals surface area contributed by atoms with E-state index in [1.54, 1.807) is 0 Å². The lowest BCUT2D eigenvalue weighted by atomic mass is 9.92. The van der Waals surface area contributed by atoms with Gasteiger partial charge in [-0.2, -0.15) is 4.98 Å². The molecule has 1 aromatic carbocycles. The van der Waals surface area contributed by atoms with Crippen molar-refractivity contribution in [1.82, 2.24) is 20.2 Å². The fourth-order valence-corrected chi connectivity index (χ4v) is 6.78. The number of halogens is 1. The van der Waals surface area contributed by atoms with Gasteiger partial charge in [0, 0.05) is 55.4 Å². The van der Waals surface area contributed by atoms with Crippen LogP contribution in [0.4, 0.5) is 27.5 Å². The Balaban J connectivity index is 1.06. The van der Waals surface area contributed by atoms with E-state index < -0.39 is 16.8 Å². The quantitative estimate of drug-likeness (QED) is 0.516. The van der Waals surface area contributed by atoms with E-state index in [0.717, 1.165) is 44.7 Å². The molecule has 0 radical (unpaired) electrons. The minimum Gasteiger partial charge on any atom is -0.369 e. The fourth-order valence-electron chi connectivity index (χ4n) is 6.78. The molecule has 188 valence electrons. The maximum absolute atomic E-state index is 14.8. The van der Waals surface area contributed by atoms with Gasteiger partial charge in [-0.3, -0.25) is 4.79 Å². The van der Waals surface area contributed by atoms with Crippen LogP contribution >= 0.6 is 0 Å². The number of aryl methyl sites for hydroxylation is 1. The molecule has 3 N–H and O–H groups in total. The van der Waals surface area contributed by atoms with Crippen LogP contribution < -0.4 is 20.9 Å². The number of amides is 1. The highest BCUT2D eigenvalue weighted by atomic mass is 19.1. The standard InChI is InChI=1S/C27H32FN7O/c1-16-14-18(6-7-20(16)35-12-10-34(2)11-13-35)31-25-29-15-19(28)23(32-25)33-27-21-8-9-22(27)26(21,27)24(36)30-17-4-3-5-17/h6-9,14-15,17,21-22H,3-5,10-13H2,1-2H3,(H,30,36)(H2,29,31,32,33)/t21-,22-,26?,27?/m1/s1. The molecule has 8 nitrogen and oxygen atoms in total. The maximum Gasteiger partial charge on any atom is 0.230 e. The molecular formula is C27H32FN7O. The Morgan fingerprint density at radius 3 is 2.56 bits per heavy atom. The minimum atomic E-state index is -0.511. The van der Waals surface area contributed by atoms with Gasteiger partial charge >= 0.3 is 0 Å². The molecule has 2 bridgehead atoms. The van der Waals surface area contributed by atoms with Gasteiger partial charge in [0.05, 0.1) is 17.2 Å². The first-order valence-electron chi connectivity index (χ1n) is 13.0. The van der Waals surface area contributed by atoms with Crippen LogP contribution in [0.3, 0.4) is 0 Å². The van der Waals surface area contributed by atoms with Crippen LogP contribution in [0.25, 0.3) is 0 Å². The first kappa shape index (κ1) is 22.0. The molecule has 6 aliphatic rings. The second-order valence-corrected chi connectivity index (χ2v) is 11.1. The van der Waals surface area contributed by atoms with E-state index in [2.05, 4.69) is 74.0 Å². The summed E-state index contributed by atoms with van der Waals surface area (Å²) in [6, 6.07) is 6.51. The Labute approximate surface area is 210 Å². The second kappa shape index (κ2) is 7.65. The van der Waals surface area contributed by atoms with Crippen molar-refractivity contribution in [1.29, 1.82) is 0 Å². The smallest absolute Gasteiger partial charge is 0.230 e. The number of anilines is 4. The maximum atomic E-state index is 14.8. The van der Waals surface area contributed by atoms with Gasteiger partial charge in [-0.25, -0.2) is 9.37 Å². The van der Waals surface area contributed by atoms with Crippen molar-refractivity contribution < 1.29 is 9.18 Å². The summed E-state index contributed by atoms with van der Waals surface area (Å²) in [7, 11) is 2.15. The Bertz CT molecular complexity index is 1250. The third-order valence-electron chi connectivity index (χ3n) is 9.16. The third-order valence-corrected chi connectivity index (χ3v) is 9.16. The Morgan fingerprint density at radius 2 is 1.89 bits per heavy atom. The SMILES string of the molecule is Cc1cc(Nc2ncc(F)c(NC34[C@@H]5C=C[C@@H]3C54C(=O)NC3CCC3)n2)ccc1N1CCN(C)CC1. The minimum absolute atomic E-state index is 0.100. The molecule has 5 aliphatic carbocycles. The molecule has 2 atom stereocenters. The zero-order chi connectivity index (χ0) is 24.7. The second-order valence-electron chi connectivity index (χ2n) is 11.1. The van der Waals surface area contributed by atoms with Gasteiger partial charge in [0.1, 0.15) is 0 Å². The van der Waals surface area contributed by atoms with E-state index in [-0.39, 0.29) is 23.6 Å². The number of nitrogens with zero attached hydrogens (tertiary/aromatic N) is 4. The molecule has 0 spiro atoms. The van der Waals surface area contributed by atoms with Crippen molar-refractivity contribution >= 4 is 29.0 Å². The highest BCUT2D eigenvalue weighted by Crippen LogP contribution is 2.91. The van der Waals surface area contributed by atoms with E-state index in [9.17, 15) is 9.18 Å². The van der Waals surface area contributed by atoms with E-state index >= 15 is 0 Å². The molecular weight excluding hydrogens is 457 g/mol. The number of hydrogen-bond acceptors (Lipinski definition) is 7. The van der Waals surface area contributed by atoms with Crippen LogP contribution in [-0.2, 0) is 4.79 Å². The summed E-state index contributed by atoms with van der Waals surface area (Å²) >= 11 is 0. The topological polar surface area (TPSA) is 85.4 Å². The summed E-state index contributed by atoms with van der Waals surface area (Å²) in [5, 5.41) is 9.75. The molecule has 0 unspecified atom stereocenters. The largest absolute Gasteiger partial charge is 0.369 e. The van der Waals surface area contributed by atoms with Gasteiger partial charge in [-0.15, -0.1) is 0 Å². The van der Waals surface area contributed by atoms with E-state index in [0.29, 0.717) is 12.0 Å². The van der Waals surface area contributed by atoms with Gasteiger partial charge in [-0.1, -0.05) is 12.2 Å². The van der Waals surface area contributed by atoms with Crippen LogP contribution in [0.1, 0.15) is 24.8 Å².